The maximum atomic E-state index is 6.07. The molecule has 1 unspecified atom stereocenters. The van der Waals surface area contributed by atoms with Crippen LogP contribution in [-0.4, -0.2) is 15.7 Å². The van der Waals surface area contributed by atoms with Gasteiger partial charge in [-0.25, -0.2) is 0 Å². The fourth-order valence-electron chi connectivity index (χ4n) is 2.29. The molecular weight excluding hydrogens is 232 g/mol. The summed E-state index contributed by atoms with van der Waals surface area (Å²) in [5.74, 6) is 2.03. The van der Waals surface area contributed by atoms with Crippen LogP contribution in [0.4, 0.5) is 0 Å². The van der Waals surface area contributed by atoms with E-state index in [0.717, 1.165) is 25.3 Å². The molecule has 1 heterocycles. The van der Waals surface area contributed by atoms with Crippen LogP contribution in [-0.2, 0) is 19.4 Å². The van der Waals surface area contributed by atoms with Gasteiger partial charge in [-0.1, -0.05) is 20.8 Å². The van der Waals surface area contributed by atoms with Gasteiger partial charge >= 0.3 is 0 Å². The summed E-state index contributed by atoms with van der Waals surface area (Å²) in [6.45, 7) is 9.77. The van der Waals surface area contributed by atoms with Crippen LogP contribution in [0.15, 0.2) is 6.07 Å². The normalized spacial score (nSPS) is 13.3. The summed E-state index contributed by atoms with van der Waals surface area (Å²) >= 11 is 6.07. The standard InChI is InChI=1S/C14H25ClN2/c1-5-13-9-14(17(6-2)16-13)8-12(10-15)7-11(3)4/h9,11-12H,5-8,10H2,1-4H3. The van der Waals surface area contributed by atoms with Crippen LogP contribution >= 0.6 is 11.6 Å². The van der Waals surface area contributed by atoms with Crippen LogP contribution in [0, 0.1) is 11.8 Å². The van der Waals surface area contributed by atoms with Gasteiger partial charge in [0, 0.05) is 18.1 Å². The van der Waals surface area contributed by atoms with Crippen LogP contribution in [0.3, 0.4) is 0 Å². The maximum Gasteiger partial charge on any atom is 0.0624 e. The molecule has 1 aromatic heterocycles. The van der Waals surface area contributed by atoms with Crippen LogP contribution in [0.5, 0.6) is 0 Å². The monoisotopic (exact) mass is 256 g/mol. The molecule has 0 aliphatic rings. The van der Waals surface area contributed by atoms with Crippen molar-refractivity contribution in [2.24, 2.45) is 11.8 Å². The molecule has 2 nitrogen and oxygen atoms in total. The van der Waals surface area contributed by atoms with E-state index in [9.17, 15) is 0 Å². The Morgan fingerprint density at radius 1 is 1.35 bits per heavy atom. The molecule has 0 aromatic carbocycles. The van der Waals surface area contributed by atoms with Gasteiger partial charge in [0.25, 0.3) is 0 Å². The second kappa shape index (κ2) is 7.05. The largest absolute Gasteiger partial charge is 0.270 e. The Bertz CT molecular complexity index is 331. The molecule has 98 valence electrons. The molecule has 3 heteroatoms. The SMILES string of the molecule is CCc1cc(CC(CCl)CC(C)C)n(CC)n1. The highest BCUT2D eigenvalue weighted by molar-refractivity contribution is 6.18. The van der Waals surface area contributed by atoms with E-state index in [0.29, 0.717) is 11.8 Å². The zero-order chi connectivity index (χ0) is 12.8. The molecule has 0 fully saturated rings. The van der Waals surface area contributed by atoms with Crippen LogP contribution in [0.2, 0.25) is 0 Å². The zero-order valence-electron chi connectivity index (χ0n) is 11.5. The van der Waals surface area contributed by atoms with Crippen molar-refractivity contribution in [2.45, 2.75) is 53.5 Å². The molecule has 0 aliphatic carbocycles. The Hall–Kier alpha value is -0.500. The summed E-state index contributed by atoms with van der Waals surface area (Å²) in [7, 11) is 0. The summed E-state index contributed by atoms with van der Waals surface area (Å²) in [5.41, 5.74) is 2.54. The van der Waals surface area contributed by atoms with Gasteiger partial charge in [0.05, 0.1) is 5.69 Å². The molecule has 0 bridgehead atoms. The maximum absolute atomic E-state index is 6.07. The lowest BCUT2D eigenvalue weighted by atomic mass is 9.94. The van der Waals surface area contributed by atoms with Crippen molar-refractivity contribution in [3.8, 4) is 0 Å². The highest BCUT2D eigenvalue weighted by Crippen LogP contribution is 2.19. The number of alkyl halides is 1. The minimum atomic E-state index is 0.573. The number of halogens is 1. The van der Waals surface area contributed by atoms with E-state index in [1.807, 2.05) is 0 Å². The lowest BCUT2D eigenvalue weighted by Gasteiger charge is -2.16. The van der Waals surface area contributed by atoms with Gasteiger partial charge in [0.2, 0.25) is 0 Å². The summed E-state index contributed by atoms with van der Waals surface area (Å²) in [5, 5.41) is 4.59. The lowest BCUT2D eigenvalue weighted by Crippen LogP contribution is -2.13. The van der Waals surface area contributed by atoms with Crippen molar-refractivity contribution < 1.29 is 0 Å². The third-order valence-electron chi connectivity index (χ3n) is 3.10. The molecule has 0 saturated carbocycles. The van der Waals surface area contributed by atoms with Gasteiger partial charge in [-0.15, -0.1) is 11.6 Å². The number of rotatable bonds is 7. The molecule has 1 atom stereocenters. The average molecular weight is 257 g/mol. The van der Waals surface area contributed by atoms with E-state index in [-0.39, 0.29) is 0 Å². The first-order valence-electron chi connectivity index (χ1n) is 6.72. The predicted octanol–water partition coefficient (Wildman–Crippen LogP) is 3.91. The van der Waals surface area contributed by atoms with Crippen molar-refractivity contribution in [3.63, 3.8) is 0 Å². The molecule has 0 amide bonds. The van der Waals surface area contributed by atoms with Gasteiger partial charge in [0.15, 0.2) is 0 Å². The number of aryl methyl sites for hydroxylation is 2. The lowest BCUT2D eigenvalue weighted by molar-refractivity contribution is 0.428. The zero-order valence-corrected chi connectivity index (χ0v) is 12.3. The van der Waals surface area contributed by atoms with E-state index < -0.39 is 0 Å². The molecule has 17 heavy (non-hydrogen) atoms. The number of nitrogens with zero attached hydrogens (tertiary/aromatic N) is 2. The van der Waals surface area contributed by atoms with Gasteiger partial charge in [-0.3, -0.25) is 4.68 Å². The summed E-state index contributed by atoms with van der Waals surface area (Å²) in [4.78, 5) is 0. The van der Waals surface area contributed by atoms with Crippen molar-refractivity contribution in [3.05, 3.63) is 17.5 Å². The van der Waals surface area contributed by atoms with E-state index in [2.05, 4.69) is 43.5 Å². The van der Waals surface area contributed by atoms with Gasteiger partial charge in [0.1, 0.15) is 0 Å². The Labute approximate surface area is 110 Å². The highest BCUT2D eigenvalue weighted by atomic mass is 35.5. The second-order valence-electron chi connectivity index (χ2n) is 5.15. The minimum absolute atomic E-state index is 0.573. The van der Waals surface area contributed by atoms with Crippen molar-refractivity contribution in [2.75, 3.05) is 5.88 Å². The number of aromatic nitrogens is 2. The molecule has 1 aromatic rings. The molecule has 0 aliphatic heterocycles. The van der Waals surface area contributed by atoms with E-state index >= 15 is 0 Å². The van der Waals surface area contributed by atoms with Gasteiger partial charge in [-0.05, 0) is 44.1 Å². The Balaban J connectivity index is 2.73. The average Bonchev–Trinajstić information content (AvgIpc) is 2.69. The van der Waals surface area contributed by atoms with E-state index in [1.165, 1.54) is 17.8 Å². The molecule has 0 N–H and O–H groups in total. The first-order valence-corrected chi connectivity index (χ1v) is 7.25. The first-order chi connectivity index (χ1) is 8.10. The topological polar surface area (TPSA) is 17.8 Å². The molecule has 0 spiro atoms. The fraction of sp³-hybridized carbons (Fsp3) is 0.786. The second-order valence-corrected chi connectivity index (χ2v) is 5.46. The van der Waals surface area contributed by atoms with Crippen LogP contribution in [0.1, 0.15) is 45.5 Å². The summed E-state index contributed by atoms with van der Waals surface area (Å²) < 4.78 is 2.12. The Kier molecular flexibility index (Phi) is 6.04. The quantitative estimate of drug-likeness (QED) is 0.677. The van der Waals surface area contributed by atoms with Crippen LogP contribution < -0.4 is 0 Å². The van der Waals surface area contributed by atoms with E-state index in [4.69, 9.17) is 11.6 Å². The third kappa shape index (κ3) is 4.34. The van der Waals surface area contributed by atoms with E-state index in [1.54, 1.807) is 0 Å². The molecular formula is C14H25ClN2. The highest BCUT2D eigenvalue weighted by Gasteiger charge is 2.14. The fourth-order valence-corrected chi connectivity index (χ4v) is 2.52. The number of hydrogen-bond donors (Lipinski definition) is 0. The van der Waals surface area contributed by atoms with Gasteiger partial charge < -0.3 is 0 Å². The number of hydrogen-bond acceptors (Lipinski definition) is 1. The van der Waals surface area contributed by atoms with Crippen molar-refractivity contribution in [1.82, 2.24) is 9.78 Å². The van der Waals surface area contributed by atoms with Crippen molar-refractivity contribution >= 4 is 11.6 Å². The summed E-state index contributed by atoms with van der Waals surface area (Å²) in [6.07, 6.45) is 3.26. The smallest absolute Gasteiger partial charge is 0.0624 e. The molecule has 0 radical (unpaired) electrons. The van der Waals surface area contributed by atoms with Gasteiger partial charge in [-0.2, -0.15) is 5.10 Å². The van der Waals surface area contributed by atoms with Crippen molar-refractivity contribution in [1.29, 1.82) is 0 Å². The molecule has 1 rings (SSSR count). The molecule has 0 saturated heterocycles. The summed E-state index contributed by atoms with van der Waals surface area (Å²) in [6, 6.07) is 2.24. The Morgan fingerprint density at radius 2 is 2.06 bits per heavy atom. The van der Waals surface area contributed by atoms with Crippen LogP contribution in [0.25, 0.3) is 0 Å². The first kappa shape index (κ1) is 14.6. The minimum Gasteiger partial charge on any atom is -0.270 e. The Morgan fingerprint density at radius 3 is 2.53 bits per heavy atom. The predicted molar refractivity (Wildman–Crippen MR) is 74.6 cm³/mol. The third-order valence-corrected chi connectivity index (χ3v) is 3.53.